The van der Waals surface area contributed by atoms with Gasteiger partial charge in [0, 0.05) is 11.6 Å². The molecule has 0 atom stereocenters. The van der Waals surface area contributed by atoms with Gasteiger partial charge in [0.2, 0.25) is 11.8 Å². The second-order valence-corrected chi connectivity index (χ2v) is 4.40. The Morgan fingerprint density at radius 2 is 2.16 bits per heavy atom. The maximum absolute atomic E-state index is 13.6. The Kier molecular flexibility index (Phi) is 4.39. The zero-order valence-electron chi connectivity index (χ0n) is 9.95. The summed E-state index contributed by atoms with van der Waals surface area (Å²) in [5.41, 5.74) is 0. The highest BCUT2D eigenvalue weighted by Crippen LogP contribution is 2.31. The molecule has 19 heavy (non-hydrogen) atoms. The molecule has 0 aliphatic rings. The molecule has 0 unspecified atom stereocenters. The molecule has 7 heteroatoms. The van der Waals surface area contributed by atoms with E-state index in [9.17, 15) is 4.39 Å². The van der Waals surface area contributed by atoms with Crippen molar-refractivity contribution in [3.05, 3.63) is 40.3 Å². The summed E-state index contributed by atoms with van der Waals surface area (Å²) in [6, 6.07) is 4.63. The fourth-order valence-corrected chi connectivity index (χ4v) is 1.78. The third-order valence-electron chi connectivity index (χ3n) is 2.15. The van der Waals surface area contributed by atoms with Gasteiger partial charge in [-0.3, -0.25) is 0 Å². The van der Waals surface area contributed by atoms with Crippen molar-refractivity contribution in [2.45, 2.75) is 6.92 Å². The second-order valence-electron chi connectivity index (χ2n) is 3.55. The van der Waals surface area contributed by atoms with Crippen LogP contribution in [0.1, 0.15) is 6.92 Å². The summed E-state index contributed by atoms with van der Waals surface area (Å²) in [6.45, 7) is 2.50. The summed E-state index contributed by atoms with van der Waals surface area (Å²) in [5.74, 6) is -0.321. The zero-order chi connectivity index (χ0) is 13.8. The van der Waals surface area contributed by atoms with Gasteiger partial charge in [0.05, 0.1) is 11.2 Å². The first kappa shape index (κ1) is 13.8. The normalized spacial score (nSPS) is 10.3. The number of rotatable bonds is 4. The number of nitrogens with one attached hydrogen (secondary N) is 1. The van der Waals surface area contributed by atoms with Crippen LogP contribution >= 0.6 is 23.2 Å². The predicted molar refractivity (Wildman–Crippen MR) is 72.7 cm³/mol. The molecule has 0 saturated heterocycles. The predicted octanol–water partition coefficient (Wildman–Crippen LogP) is 4.15. The van der Waals surface area contributed by atoms with Crippen molar-refractivity contribution >= 4 is 29.2 Å². The first-order chi connectivity index (χ1) is 9.10. The molecule has 1 heterocycles. The van der Waals surface area contributed by atoms with Crippen LogP contribution in [-0.2, 0) is 0 Å². The molecule has 0 radical (unpaired) electrons. The minimum absolute atomic E-state index is 0.199. The smallest absolute Gasteiger partial charge is 0.260 e. The summed E-state index contributed by atoms with van der Waals surface area (Å²) in [6.07, 6.45) is 1.03. The van der Waals surface area contributed by atoms with Crippen LogP contribution in [0.5, 0.6) is 11.6 Å². The average Bonchev–Trinajstić information content (AvgIpc) is 2.37. The Balaban J connectivity index is 2.29. The van der Waals surface area contributed by atoms with Gasteiger partial charge in [-0.25, -0.2) is 4.98 Å². The topological polar surface area (TPSA) is 47.0 Å². The molecule has 0 aliphatic heterocycles. The maximum Gasteiger partial charge on any atom is 0.260 e. The standard InChI is InChI=1S/C12H10Cl2FN3O/c1-2-16-12-17-6-9(15)11(18-12)19-10-4-3-7(13)5-8(10)14/h3-6H,2H2,1H3,(H,16,17,18). The number of nitrogens with zero attached hydrogens (tertiary/aromatic N) is 2. The molecule has 0 aliphatic carbocycles. The monoisotopic (exact) mass is 301 g/mol. The van der Waals surface area contributed by atoms with Crippen LogP contribution in [0.3, 0.4) is 0 Å². The van der Waals surface area contributed by atoms with E-state index < -0.39 is 5.82 Å². The maximum atomic E-state index is 13.6. The molecule has 0 saturated carbocycles. The molecule has 2 rings (SSSR count). The first-order valence-corrected chi connectivity index (χ1v) is 6.25. The number of anilines is 1. The van der Waals surface area contributed by atoms with E-state index in [0.29, 0.717) is 11.6 Å². The largest absolute Gasteiger partial charge is 0.435 e. The van der Waals surface area contributed by atoms with Crippen molar-refractivity contribution in [2.75, 3.05) is 11.9 Å². The van der Waals surface area contributed by atoms with Gasteiger partial charge < -0.3 is 10.1 Å². The summed E-state index contributed by atoms with van der Waals surface area (Å²) >= 11 is 11.7. The molecule has 4 nitrogen and oxygen atoms in total. The van der Waals surface area contributed by atoms with Crippen molar-refractivity contribution in [1.82, 2.24) is 9.97 Å². The van der Waals surface area contributed by atoms with Crippen LogP contribution in [0.25, 0.3) is 0 Å². The number of hydrogen-bond donors (Lipinski definition) is 1. The first-order valence-electron chi connectivity index (χ1n) is 5.49. The summed E-state index contributed by atoms with van der Waals surface area (Å²) in [5, 5.41) is 3.60. The Morgan fingerprint density at radius 1 is 1.37 bits per heavy atom. The summed E-state index contributed by atoms with van der Waals surface area (Å²) < 4.78 is 18.9. The fourth-order valence-electron chi connectivity index (χ4n) is 1.33. The van der Waals surface area contributed by atoms with E-state index in [1.807, 2.05) is 6.92 Å². The van der Waals surface area contributed by atoms with E-state index in [-0.39, 0.29) is 22.6 Å². The van der Waals surface area contributed by atoms with Gasteiger partial charge in [0.15, 0.2) is 0 Å². The van der Waals surface area contributed by atoms with Gasteiger partial charge in [-0.05, 0) is 25.1 Å². The lowest BCUT2D eigenvalue weighted by atomic mass is 10.3. The van der Waals surface area contributed by atoms with E-state index in [1.54, 1.807) is 12.1 Å². The van der Waals surface area contributed by atoms with E-state index in [0.717, 1.165) is 6.20 Å². The molecular formula is C12H10Cl2FN3O. The summed E-state index contributed by atoms with van der Waals surface area (Å²) in [4.78, 5) is 7.69. The van der Waals surface area contributed by atoms with Crippen molar-refractivity contribution in [3.63, 3.8) is 0 Å². The van der Waals surface area contributed by atoms with Crippen molar-refractivity contribution in [2.24, 2.45) is 0 Å². The van der Waals surface area contributed by atoms with Crippen molar-refractivity contribution in [3.8, 4) is 11.6 Å². The highest BCUT2D eigenvalue weighted by Gasteiger charge is 2.11. The second kappa shape index (κ2) is 6.04. The minimum atomic E-state index is -0.673. The SMILES string of the molecule is CCNc1ncc(F)c(Oc2ccc(Cl)cc2Cl)n1. The van der Waals surface area contributed by atoms with Gasteiger partial charge in [0.25, 0.3) is 5.88 Å². The Labute approximate surface area is 119 Å². The number of ether oxygens (including phenoxy) is 1. The molecule has 0 amide bonds. The number of hydrogen-bond acceptors (Lipinski definition) is 4. The number of benzene rings is 1. The average molecular weight is 302 g/mol. The third kappa shape index (κ3) is 3.45. The highest BCUT2D eigenvalue weighted by atomic mass is 35.5. The molecule has 0 spiro atoms. The Bertz CT molecular complexity index is 595. The zero-order valence-corrected chi connectivity index (χ0v) is 11.5. The van der Waals surface area contributed by atoms with E-state index in [4.69, 9.17) is 27.9 Å². The molecule has 1 aromatic heterocycles. The van der Waals surface area contributed by atoms with Gasteiger partial charge in [0.1, 0.15) is 5.75 Å². The van der Waals surface area contributed by atoms with Gasteiger partial charge in [-0.15, -0.1) is 0 Å². The van der Waals surface area contributed by atoms with Crippen LogP contribution < -0.4 is 10.1 Å². The molecule has 1 N–H and O–H groups in total. The van der Waals surface area contributed by atoms with Gasteiger partial charge in [-0.1, -0.05) is 23.2 Å². The molecule has 0 fully saturated rings. The van der Waals surface area contributed by atoms with Crippen LogP contribution in [0.2, 0.25) is 10.0 Å². The molecular weight excluding hydrogens is 292 g/mol. The van der Waals surface area contributed by atoms with E-state index in [2.05, 4.69) is 15.3 Å². The number of aromatic nitrogens is 2. The van der Waals surface area contributed by atoms with Gasteiger partial charge >= 0.3 is 0 Å². The summed E-state index contributed by atoms with van der Waals surface area (Å²) in [7, 11) is 0. The highest BCUT2D eigenvalue weighted by molar-refractivity contribution is 6.35. The molecule has 1 aromatic carbocycles. The molecule has 0 bridgehead atoms. The van der Waals surface area contributed by atoms with Crippen molar-refractivity contribution in [1.29, 1.82) is 0 Å². The van der Waals surface area contributed by atoms with Crippen molar-refractivity contribution < 1.29 is 9.13 Å². The quantitative estimate of drug-likeness (QED) is 0.921. The van der Waals surface area contributed by atoms with Gasteiger partial charge in [-0.2, -0.15) is 9.37 Å². The Hall–Kier alpha value is -1.59. The van der Waals surface area contributed by atoms with Crippen LogP contribution in [0.15, 0.2) is 24.4 Å². The third-order valence-corrected chi connectivity index (χ3v) is 2.68. The molecule has 100 valence electrons. The molecule has 2 aromatic rings. The lowest BCUT2D eigenvalue weighted by Crippen LogP contribution is -2.04. The van der Waals surface area contributed by atoms with E-state index in [1.165, 1.54) is 6.07 Å². The van der Waals surface area contributed by atoms with E-state index >= 15 is 0 Å². The Morgan fingerprint density at radius 3 is 2.84 bits per heavy atom. The fraction of sp³-hybridized carbons (Fsp3) is 0.167. The van der Waals surface area contributed by atoms with Crippen LogP contribution in [0, 0.1) is 5.82 Å². The lowest BCUT2D eigenvalue weighted by Gasteiger charge is -2.09. The lowest BCUT2D eigenvalue weighted by molar-refractivity contribution is 0.421. The van der Waals surface area contributed by atoms with Crippen LogP contribution in [0.4, 0.5) is 10.3 Å². The minimum Gasteiger partial charge on any atom is -0.435 e. The number of halogens is 3. The van der Waals surface area contributed by atoms with Crippen LogP contribution in [-0.4, -0.2) is 16.5 Å².